The Balaban J connectivity index is 1.78. The summed E-state index contributed by atoms with van der Waals surface area (Å²) in [6.07, 6.45) is 6.21. The summed E-state index contributed by atoms with van der Waals surface area (Å²) in [4.78, 5) is 29.0. The normalized spacial score (nSPS) is 17.4. The van der Waals surface area contributed by atoms with Gasteiger partial charge in [0.05, 0.1) is 0 Å². The molecule has 2 aromatic rings. The van der Waals surface area contributed by atoms with Crippen molar-refractivity contribution in [2.24, 2.45) is 0 Å². The minimum absolute atomic E-state index is 0.107. The van der Waals surface area contributed by atoms with Gasteiger partial charge in [0, 0.05) is 23.6 Å². The van der Waals surface area contributed by atoms with Crippen molar-refractivity contribution in [3.63, 3.8) is 0 Å². The number of rotatable bonds is 1. The number of imidazole rings is 1. The molecule has 0 saturated carbocycles. The Morgan fingerprint density at radius 3 is 2.77 bits per heavy atom. The van der Waals surface area contributed by atoms with E-state index in [1.54, 1.807) is 0 Å². The van der Waals surface area contributed by atoms with Crippen LogP contribution in [0.5, 0.6) is 0 Å². The molecule has 1 aliphatic heterocycles. The van der Waals surface area contributed by atoms with E-state index < -0.39 is 0 Å². The zero-order valence-corrected chi connectivity index (χ0v) is 12.7. The van der Waals surface area contributed by atoms with Crippen molar-refractivity contribution in [3.05, 3.63) is 28.3 Å². The first-order valence-corrected chi connectivity index (χ1v) is 7.96. The first-order chi connectivity index (χ1) is 10.7. The van der Waals surface area contributed by atoms with Crippen molar-refractivity contribution in [1.29, 1.82) is 0 Å². The van der Waals surface area contributed by atoms with Crippen LogP contribution in [0.15, 0.2) is 0 Å². The van der Waals surface area contributed by atoms with E-state index in [4.69, 9.17) is 4.98 Å². The summed E-state index contributed by atoms with van der Waals surface area (Å²) in [6, 6.07) is 0. The number of fused-ring (bicyclic) bond motifs is 2. The first-order valence-electron chi connectivity index (χ1n) is 7.96. The molecule has 114 valence electrons. The number of nitrogens with one attached hydrogen (secondary N) is 2. The van der Waals surface area contributed by atoms with E-state index in [0.717, 1.165) is 42.8 Å². The predicted molar refractivity (Wildman–Crippen MR) is 81.6 cm³/mol. The third-order valence-corrected chi connectivity index (χ3v) is 4.48. The summed E-state index contributed by atoms with van der Waals surface area (Å²) in [5.41, 5.74) is 4.86. The number of carbonyl (C=O) groups is 1. The number of nitrogens with zero attached hydrogens (tertiary/aromatic N) is 3. The lowest BCUT2D eigenvalue weighted by atomic mass is 9.95. The second kappa shape index (κ2) is 5.19. The summed E-state index contributed by atoms with van der Waals surface area (Å²) in [6.45, 7) is 2.74. The predicted octanol–water partition coefficient (Wildman–Crippen LogP) is 1.73. The number of carbonyl (C=O) groups excluding carboxylic acids is 1. The van der Waals surface area contributed by atoms with E-state index in [0.29, 0.717) is 23.9 Å². The largest absolute Gasteiger partial charge is 0.351 e. The average Bonchev–Trinajstić information content (AvgIpc) is 2.88. The SMILES string of the molecule is Cc1nc(-c2nc3c([nH]2)CCCNC3=O)nc2c1CCCC2. The highest BCUT2D eigenvalue weighted by molar-refractivity contribution is 5.94. The molecule has 0 atom stereocenters. The maximum absolute atomic E-state index is 12.0. The van der Waals surface area contributed by atoms with Crippen LogP contribution in [0.25, 0.3) is 11.6 Å². The summed E-state index contributed by atoms with van der Waals surface area (Å²) in [7, 11) is 0. The zero-order valence-electron chi connectivity index (χ0n) is 12.7. The van der Waals surface area contributed by atoms with E-state index in [2.05, 4.69) is 20.3 Å². The summed E-state index contributed by atoms with van der Waals surface area (Å²) < 4.78 is 0. The fraction of sp³-hybridized carbons (Fsp3) is 0.500. The molecule has 0 bridgehead atoms. The molecule has 1 amide bonds. The first kappa shape index (κ1) is 13.4. The molecule has 0 radical (unpaired) electrons. The highest BCUT2D eigenvalue weighted by atomic mass is 16.1. The Hall–Kier alpha value is -2.24. The molecule has 2 aliphatic rings. The van der Waals surface area contributed by atoms with Gasteiger partial charge < -0.3 is 10.3 Å². The van der Waals surface area contributed by atoms with Crippen LogP contribution < -0.4 is 5.32 Å². The maximum Gasteiger partial charge on any atom is 0.271 e. The number of aromatic nitrogens is 4. The fourth-order valence-electron chi connectivity index (χ4n) is 3.32. The van der Waals surface area contributed by atoms with Gasteiger partial charge in [0.1, 0.15) is 5.69 Å². The topological polar surface area (TPSA) is 83.6 Å². The molecular weight excluding hydrogens is 278 g/mol. The Morgan fingerprint density at radius 2 is 1.86 bits per heavy atom. The van der Waals surface area contributed by atoms with Crippen molar-refractivity contribution in [3.8, 4) is 11.6 Å². The summed E-state index contributed by atoms with van der Waals surface area (Å²) in [5.74, 6) is 1.11. The quantitative estimate of drug-likeness (QED) is 0.839. The Morgan fingerprint density at radius 1 is 1.00 bits per heavy atom. The van der Waals surface area contributed by atoms with E-state index in [-0.39, 0.29) is 5.91 Å². The monoisotopic (exact) mass is 297 g/mol. The third kappa shape index (κ3) is 2.19. The number of amides is 1. The van der Waals surface area contributed by atoms with Gasteiger partial charge in [0.2, 0.25) is 0 Å². The van der Waals surface area contributed by atoms with Gasteiger partial charge in [0.25, 0.3) is 5.91 Å². The van der Waals surface area contributed by atoms with E-state index >= 15 is 0 Å². The second-order valence-electron chi connectivity index (χ2n) is 6.04. The lowest BCUT2D eigenvalue weighted by molar-refractivity contribution is 0.0951. The highest BCUT2D eigenvalue weighted by Crippen LogP contribution is 2.25. The van der Waals surface area contributed by atoms with Gasteiger partial charge in [-0.2, -0.15) is 0 Å². The van der Waals surface area contributed by atoms with Crippen molar-refractivity contribution in [1.82, 2.24) is 25.3 Å². The van der Waals surface area contributed by atoms with Crippen LogP contribution in [-0.2, 0) is 19.3 Å². The summed E-state index contributed by atoms with van der Waals surface area (Å²) in [5, 5.41) is 2.86. The molecule has 4 rings (SSSR count). The molecule has 22 heavy (non-hydrogen) atoms. The molecule has 2 aromatic heterocycles. The molecule has 0 unspecified atom stereocenters. The molecule has 3 heterocycles. The van der Waals surface area contributed by atoms with Gasteiger partial charge >= 0.3 is 0 Å². The van der Waals surface area contributed by atoms with Crippen LogP contribution in [0.1, 0.15) is 52.4 Å². The van der Waals surface area contributed by atoms with E-state index in [1.807, 2.05) is 6.92 Å². The number of aryl methyl sites for hydroxylation is 3. The lowest BCUT2D eigenvalue weighted by Crippen LogP contribution is -2.23. The van der Waals surface area contributed by atoms with Crippen LogP contribution in [0.3, 0.4) is 0 Å². The van der Waals surface area contributed by atoms with Gasteiger partial charge in [-0.05, 0) is 51.0 Å². The van der Waals surface area contributed by atoms with Gasteiger partial charge in [0.15, 0.2) is 11.6 Å². The number of hydrogen-bond acceptors (Lipinski definition) is 4. The highest BCUT2D eigenvalue weighted by Gasteiger charge is 2.23. The maximum atomic E-state index is 12.0. The van der Waals surface area contributed by atoms with Crippen molar-refractivity contribution in [2.45, 2.75) is 45.4 Å². The number of hydrogen-bond donors (Lipinski definition) is 2. The molecule has 0 saturated heterocycles. The van der Waals surface area contributed by atoms with Crippen molar-refractivity contribution in [2.75, 3.05) is 6.54 Å². The van der Waals surface area contributed by atoms with Gasteiger partial charge in [-0.25, -0.2) is 15.0 Å². The van der Waals surface area contributed by atoms with Crippen LogP contribution >= 0.6 is 0 Å². The Kier molecular flexibility index (Phi) is 3.17. The Labute approximate surface area is 128 Å². The van der Waals surface area contributed by atoms with Crippen molar-refractivity contribution < 1.29 is 4.79 Å². The van der Waals surface area contributed by atoms with E-state index in [9.17, 15) is 4.79 Å². The van der Waals surface area contributed by atoms with Crippen LogP contribution in [0.2, 0.25) is 0 Å². The second-order valence-corrected chi connectivity index (χ2v) is 6.04. The minimum Gasteiger partial charge on any atom is -0.351 e. The lowest BCUT2D eigenvalue weighted by Gasteiger charge is -2.16. The fourth-order valence-corrected chi connectivity index (χ4v) is 3.32. The molecule has 0 aromatic carbocycles. The summed E-state index contributed by atoms with van der Waals surface area (Å²) >= 11 is 0. The smallest absolute Gasteiger partial charge is 0.271 e. The van der Waals surface area contributed by atoms with Crippen LogP contribution in [0, 0.1) is 6.92 Å². The molecule has 6 heteroatoms. The van der Waals surface area contributed by atoms with Crippen molar-refractivity contribution >= 4 is 5.91 Å². The molecule has 1 aliphatic carbocycles. The third-order valence-electron chi connectivity index (χ3n) is 4.48. The molecule has 6 nitrogen and oxygen atoms in total. The van der Waals surface area contributed by atoms with Gasteiger partial charge in [-0.15, -0.1) is 0 Å². The molecular formula is C16H19N5O. The van der Waals surface area contributed by atoms with Crippen LogP contribution in [-0.4, -0.2) is 32.4 Å². The van der Waals surface area contributed by atoms with Gasteiger partial charge in [-0.1, -0.05) is 0 Å². The minimum atomic E-state index is -0.107. The number of H-pyrrole nitrogens is 1. The molecule has 0 fully saturated rings. The average molecular weight is 297 g/mol. The van der Waals surface area contributed by atoms with E-state index in [1.165, 1.54) is 18.4 Å². The Bertz CT molecular complexity index is 749. The standard InChI is InChI=1S/C16H19N5O/c1-9-10-5-2-3-6-11(10)19-14(18-9)15-20-12-7-4-8-17-16(22)13(12)21-15/h2-8H2,1H3,(H,17,22)(H,20,21). The molecule has 0 spiro atoms. The van der Waals surface area contributed by atoms with Gasteiger partial charge in [-0.3, -0.25) is 4.79 Å². The van der Waals surface area contributed by atoms with Crippen LogP contribution in [0.4, 0.5) is 0 Å². The zero-order chi connectivity index (χ0) is 15.1. The molecule has 2 N–H and O–H groups in total. The number of aromatic amines is 1.